The number of fused-ring (bicyclic) bond motifs is 1. The Bertz CT molecular complexity index is 1290. The van der Waals surface area contributed by atoms with Gasteiger partial charge in [-0.2, -0.15) is 5.10 Å². The van der Waals surface area contributed by atoms with E-state index in [0.717, 1.165) is 33.5 Å². The first-order valence-electron chi connectivity index (χ1n) is 11.4. The minimum absolute atomic E-state index is 0.0303. The molecule has 4 aromatic rings. The number of ether oxygens (including phenoxy) is 1. The van der Waals surface area contributed by atoms with E-state index in [2.05, 4.69) is 10.4 Å². The predicted octanol–water partition coefficient (Wildman–Crippen LogP) is 6.14. The van der Waals surface area contributed by atoms with Crippen LogP contribution in [0.3, 0.4) is 0 Å². The summed E-state index contributed by atoms with van der Waals surface area (Å²) >= 11 is 0. The Kier molecular flexibility index (Phi) is 6.42. The minimum atomic E-state index is -0.501. The molecule has 3 aromatic carbocycles. The number of amides is 1. The van der Waals surface area contributed by atoms with Crippen molar-refractivity contribution in [1.82, 2.24) is 15.1 Å². The molecule has 6 heteroatoms. The number of hydrogen-bond donors (Lipinski definition) is 1. The van der Waals surface area contributed by atoms with Gasteiger partial charge in [0.1, 0.15) is 17.7 Å². The Hall–Kier alpha value is -3.67. The van der Waals surface area contributed by atoms with Crippen LogP contribution in [-0.4, -0.2) is 21.7 Å². The molecule has 1 heterocycles. The smallest absolute Gasteiger partial charge is 0.225 e. The zero-order valence-electron chi connectivity index (χ0n) is 20.2. The van der Waals surface area contributed by atoms with Gasteiger partial charge in [0.2, 0.25) is 5.91 Å². The maximum Gasteiger partial charge on any atom is 0.225 e. The highest BCUT2D eigenvalue weighted by atomic mass is 19.1. The van der Waals surface area contributed by atoms with E-state index >= 15 is 0 Å². The van der Waals surface area contributed by atoms with Crippen molar-refractivity contribution in [2.24, 2.45) is 5.41 Å². The van der Waals surface area contributed by atoms with E-state index in [9.17, 15) is 9.18 Å². The molecule has 0 saturated heterocycles. The van der Waals surface area contributed by atoms with Crippen molar-refractivity contribution in [3.63, 3.8) is 0 Å². The molecule has 0 bridgehead atoms. The molecule has 2 atom stereocenters. The molecule has 176 valence electrons. The number of nitrogens with zero attached hydrogens (tertiary/aromatic N) is 2. The third kappa shape index (κ3) is 4.96. The molecule has 0 aliphatic rings. The Morgan fingerprint density at radius 2 is 1.74 bits per heavy atom. The highest BCUT2D eigenvalue weighted by Crippen LogP contribution is 2.32. The van der Waals surface area contributed by atoms with E-state index in [1.165, 1.54) is 12.1 Å². The quantitative estimate of drug-likeness (QED) is 0.377. The third-order valence-electron chi connectivity index (χ3n) is 5.81. The summed E-state index contributed by atoms with van der Waals surface area (Å²) < 4.78 is 21.7. The molecule has 1 aromatic heterocycles. The van der Waals surface area contributed by atoms with Crippen LogP contribution in [0.5, 0.6) is 5.75 Å². The number of halogens is 1. The molecular weight excluding hydrogens is 429 g/mol. The zero-order valence-corrected chi connectivity index (χ0v) is 20.2. The summed E-state index contributed by atoms with van der Waals surface area (Å²) in [6, 6.07) is 19.9. The van der Waals surface area contributed by atoms with Gasteiger partial charge in [0, 0.05) is 10.8 Å². The highest BCUT2D eigenvalue weighted by Gasteiger charge is 2.28. The van der Waals surface area contributed by atoms with Crippen molar-refractivity contribution in [2.75, 3.05) is 0 Å². The van der Waals surface area contributed by atoms with Gasteiger partial charge < -0.3 is 10.1 Å². The lowest BCUT2D eigenvalue weighted by Gasteiger charge is -2.29. The van der Waals surface area contributed by atoms with Gasteiger partial charge in [0.05, 0.1) is 23.4 Å². The summed E-state index contributed by atoms with van der Waals surface area (Å²) in [4.78, 5) is 12.7. The fourth-order valence-electron chi connectivity index (χ4n) is 3.81. The second-order valence-corrected chi connectivity index (χ2v) is 9.67. The van der Waals surface area contributed by atoms with E-state index in [-0.39, 0.29) is 23.9 Å². The molecule has 4 rings (SSSR count). The molecule has 34 heavy (non-hydrogen) atoms. The van der Waals surface area contributed by atoms with Crippen LogP contribution in [0.2, 0.25) is 0 Å². The second kappa shape index (κ2) is 9.29. The molecule has 0 aliphatic heterocycles. The second-order valence-electron chi connectivity index (χ2n) is 9.67. The van der Waals surface area contributed by atoms with Gasteiger partial charge >= 0.3 is 0 Å². The summed E-state index contributed by atoms with van der Waals surface area (Å²) in [5, 5.41) is 8.52. The molecule has 0 radical (unpaired) electrons. The first kappa shape index (κ1) is 23.5. The van der Waals surface area contributed by atoms with Crippen LogP contribution in [0, 0.1) is 18.2 Å². The van der Waals surface area contributed by atoms with Crippen molar-refractivity contribution < 1.29 is 13.9 Å². The monoisotopic (exact) mass is 459 g/mol. The lowest BCUT2D eigenvalue weighted by atomic mass is 9.94. The molecule has 0 saturated carbocycles. The van der Waals surface area contributed by atoms with Crippen LogP contribution < -0.4 is 10.1 Å². The highest BCUT2D eigenvalue weighted by molar-refractivity contribution is 5.83. The topological polar surface area (TPSA) is 56.1 Å². The molecule has 2 unspecified atom stereocenters. The van der Waals surface area contributed by atoms with Gasteiger partial charge in [0.25, 0.3) is 0 Å². The number of carbonyl (C=O) groups excluding carboxylic acids is 1. The van der Waals surface area contributed by atoms with E-state index in [0.29, 0.717) is 0 Å². The van der Waals surface area contributed by atoms with Gasteiger partial charge in [-0.25, -0.2) is 9.07 Å². The van der Waals surface area contributed by atoms with Crippen molar-refractivity contribution in [1.29, 1.82) is 0 Å². The summed E-state index contributed by atoms with van der Waals surface area (Å²) in [6.07, 6.45) is 1.39. The normalized spacial score (nSPS) is 13.5. The van der Waals surface area contributed by atoms with Crippen molar-refractivity contribution in [3.8, 4) is 11.4 Å². The summed E-state index contributed by atoms with van der Waals surface area (Å²) in [5.41, 5.74) is 3.10. The van der Waals surface area contributed by atoms with Crippen molar-refractivity contribution >= 4 is 16.8 Å². The van der Waals surface area contributed by atoms with Crippen molar-refractivity contribution in [2.45, 2.75) is 46.8 Å². The molecule has 1 N–H and O–H groups in total. The average molecular weight is 460 g/mol. The SMILES string of the molecule is Cc1cc2c(cnn2-c2ccc(F)cc2)cc1OC(c1ccccc1)C(C)NC(=O)C(C)(C)C. The van der Waals surface area contributed by atoms with Crippen LogP contribution in [0.15, 0.2) is 72.9 Å². The molecule has 0 fully saturated rings. The molecule has 1 amide bonds. The average Bonchev–Trinajstić information content (AvgIpc) is 3.20. The number of aryl methyl sites for hydroxylation is 1. The maximum atomic E-state index is 13.4. The lowest BCUT2D eigenvalue weighted by Crippen LogP contribution is -2.44. The Morgan fingerprint density at radius 1 is 1.06 bits per heavy atom. The number of benzene rings is 3. The fourth-order valence-corrected chi connectivity index (χ4v) is 3.81. The van der Waals surface area contributed by atoms with Crippen LogP contribution in [0.4, 0.5) is 4.39 Å². The van der Waals surface area contributed by atoms with Crippen LogP contribution in [0.25, 0.3) is 16.6 Å². The summed E-state index contributed by atoms with van der Waals surface area (Å²) in [5.74, 6) is 0.404. The number of nitrogens with one attached hydrogen (secondary N) is 1. The van der Waals surface area contributed by atoms with Gasteiger partial charge in [0.15, 0.2) is 0 Å². The Morgan fingerprint density at radius 3 is 2.38 bits per heavy atom. The first-order valence-corrected chi connectivity index (χ1v) is 11.4. The van der Waals surface area contributed by atoms with E-state index in [4.69, 9.17) is 4.74 Å². The van der Waals surface area contributed by atoms with E-state index in [1.807, 2.05) is 77.1 Å². The van der Waals surface area contributed by atoms with E-state index in [1.54, 1.807) is 23.0 Å². The van der Waals surface area contributed by atoms with E-state index < -0.39 is 5.41 Å². The van der Waals surface area contributed by atoms with Gasteiger partial charge in [-0.1, -0.05) is 51.1 Å². The Labute approximate surface area is 199 Å². The number of carbonyl (C=O) groups is 1. The lowest BCUT2D eigenvalue weighted by molar-refractivity contribution is -0.129. The standard InChI is InChI=1S/C28H30FN3O2/c1-18-15-24-21(17-30-32(24)23-13-11-22(29)12-14-23)16-25(18)34-26(20-9-7-6-8-10-20)19(2)31-27(33)28(3,4)5/h6-17,19,26H,1-5H3,(H,31,33). The van der Waals surface area contributed by atoms with Crippen molar-refractivity contribution in [3.05, 3.63) is 89.9 Å². The largest absolute Gasteiger partial charge is 0.483 e. The van der Waals surface area contributed by atoms with Crippen LogP contribution in [-0.2, 0) is 4.79 Å². The first-order chi connectivity index (χ1) is 16.1. The number of aromatic nitrogens is 2. The Balaban J connectivity index is 1.67. The maximum absolute atomic E-state index is 13.4. The molecule has 5 nitrogen and oxygen atoms in total. The van der Waals surface area contributed by atoms with Gasteiger partial charge in [-0.05, 0) is 61.4 Å². The van der Waals surface area contributed by atoms with Crippen LogP contribution in [0.1, 0.15) is 44.9 Å². The van der Waals surface area contributed by atoms with Crippen LogP contribution >= 0.6 is 0 Å². The minimum Gasteiger partial charge on any atom is -0.483 e. The molecular formula is C28H30FN3O2. The summed E-state index contributed by atoms with van der Waals surface area (Å²) in [7, 11) is 0. The molecule has 0 aliphatic carbocycles. The van der Waals surface area contributed by atoms with Gasteiger partial charge in [-0.3, -0.25) is 4.79 Å². The number of rotatable bonds is 6. The third-order valence-corrected chi connectivity index (χ3v) is 5.81. The van der Waals surface area contributed by atoms with Gasteiger partial charge in [-0.15, -0.1) is 0 Å². The predicted molar refractivity (Wildman–Crippen MR) is 133 cm³/mol. The summed E-state index contributed by atoms with van der Waals surface area (Å²) in [6.45, 7) is 9.62. The zero-order chi connectivity index (χ0) is 24.5. The molecule has 0 spiro atoms. The number of hydrogen-bond acceptors (Lipinski definition) is 3. The fraction of sp³-hybridized carbons (Fsp3) is 0.286.